The summed E-state index contributed by atoms with van der Waals surface area (Å²) in [5.41, 5.74) is 3.03. The smallest absolute Gasteiger partial charge is 0.229 e. The molecule has 10 heteroatoms. The van der Waals surface area contributed by atoms with Crippen molar-refractivity contribution in [2.75, 3.05) is 48.8 Å². The minimum Gasteiger partial charge on any atom is -0.450 e. The van der Waals surface area contributed by atoms with E-state index in [9.17, 15) is 14.0 Å². The number of likely N-dealkylation sites (tertiary alicyclic amines) is 1. The largest absolute Gasteiger partial charge is 0.450 e. The van der Waals surface area contributed by atoms with Crippen LogP contribution in [0.1, 0.15) is 31.9 Å². The standard InChI is InChI=1S/C32H36FN5O3S/c1-5-38(30(39)20(2)3)26-13-24(33)7-9-27(26)41-28-14-34-19-35-29(28)36-15-32(16-36)17-37(18-32)31(40)23-10-21-6-8-25(42-4)12-22(21)11-23/h6-9,12-14,19-20,23H,5,10-11,15-18H2,1-4H3. The molecule has 0 bridgehead atoms. The topological polar surface area (TPSA) is 78.9 Å². The molecule has 2 aliphatic heterocycles. The van der Waals surface area contributed by atoms with E-state index in [-0.39, 0.29) is 29.1 Å². The monoisotopic (exact) mass is 589 g/mol. The molecule has 0 N–H and O–H groups in total. The van der Waals surface area contributed by atoms with Crippen molar-refractivity contribution < 1.29 is 18.7 Å². The quantitative estimate of drug-likeness (QED) is 0.334. The van der Waals surface area contributed by atoms with E-state index in [1.54, 1.807) is 18.0 Å². The number of fused-ring (bicyclic) bond motifs is 1. The number of rotatable bonds is 8. The first-order valence-corrected chi connectivity index (χ1v) is 15.7. The number of hydrogen-bond donors (Lipinski definition) is 0. The van der Waals surface area contributed by atoms with E-state index < -0.39 is 5.82 Å². The number of ether oxygens (including phenoxy) is 1. The Balaban J connectivity index is 1.11. The van der Waals surface area contributed by atoms with Gasteiger partial charge in [0.2, 0.25) is 11.8 Å². The summed E-state index contributed by atoms with van der Waals surface area (Å²) in [6.45, 7) is 8.88. The number of thioether (sulfide) groups is 1. The van der Waals surface area contributed by atoms with Gasteiger partial charge in [-0.2, -0.15) is 0 Å². The van der Waals surface area contributed by atoms with E-state index in [2.05, 4.69) is 39.3 Å². The third-order valence-electron chi connectivity index (χ3n) is 8.58. The summed E-state index contributed by atoms with van der Waals surface area (Å²) in [4.78, 5) is 41.8. The summed E-state index contributed by atoms with van der Waals surface area (Å²) in [6, 6.07) is 10.7. The zero-order valence-corrected chi connectivity index (χ0v) is 25.3. The number of hydrogen-bond acceptors (Lipinski definition) is 7. The molecule has 6 rings (SSSR count). The van der Waals surface area contributed by atoms with Gasteiger partial charge >= 0.3 is 0 Å². The van der Waals surface area contributed by atoms with Crippen LogP contribution in [0.2, 0.25) is 0 Å². The Morgan fingerprint density at radius 2 is 1.86 bits per heavy atom. The highest BCUT2D eigenvalue weighted by molar-refractivity contribution is 7.98. The van der Waals surface area contributed by atoms with Gasteiger partial charge in [-0.1, -0.05) is 19.9 Å². The predicted molar refractivity (Wildman–Crippen MR) is 162 cm³/mol. The molecule has 3 aromatic rings. The number of carbonyl (C=O) groups is 2. The minimum absolute atomic E-state index is 0.0303. The first-order chi connectivity index (χ1) is 20.2. The third-order valence-corrected chi connectivity index (χ3v) is 9.30. The maximum absolute atomic E-state index is 14.3. The predicted octanol–water partition coefficient (Wildman–Crippen LogP) is 5.20. The van der Waals surface area contributed by atoms with Crippen LogP contribution in [-0.4, -0.2) is 65.7 Å². The molecule has 1 unspecified atom stereocenters. The number of benzene rings is 2. The molecule has 220 valence electrons. The molecule has 1 aromatic heterocycles. The van der Waals surface area contributed by atoms with Crippen molar-refractivity contribution >= 4 is 35.1 Å². The Morgan fingerprint density at radius 3 is 2.57 bits per heavy atom. The fourth-order valence-corrected chi connectivity index (χ4v) is 6.93. The Kier molecular flexibility index (Phi) is 7.59. The molecule has 2 fully saturated rings. The second-order valence-corrected chi connectivity index (χ2v) is 12.8. The molecule has 1 atom stereocenters. The highest BCUT2D eigenvalue weighted by atomic mass is 32.2. The maximum atomic E-state index is 14.3. The van der Waals surface area contributed by atoms with Crippen molar-refractivity contribution in [1.29, 1.82) is 0 Å². The molecule has 1 aliphatic carbocycles. The van der Waals surface area contributed by atoms with E-state index in [0.717, 1.165) is 39.0 Å². The number of anilines is 2. The normalized spacial score (nSPS) is 18.5. The van der Waals surface area contributed by atoms with Gasteiger partial charge in [-0.15, -0.1) is 11.8 Å². The lowest BCUT2D eigenvalue weighted by Crippen LogP contribution is -2.73. The van der Waals surface area contributed by atoms with Crippen molar-refractivity contribution in [3.63, 3.8) is 0 Å². The molecule has 42 heavy (non-hydrogen) atoms. The highest BCUT2D eigenvalue weighted by Gasteiger charge is 2.54. The van der Waals surface area contributed by atoms with Gasteiger partial charge in [0, 0.05) is 60.9 Å². The fraction of sp³-hybridized carbons (Fsp3) is 0.438. The summed E-state index contributed by atoms with van der Waals surface area (Å²) >= 11 is 1.73. The van der Waals surface area contributed by atoms with Crippen LogP contribution >= 0.6 is 11.8 Å². The van der Waals surface area contributed by atoms with Crippen LogP contribution < -0.4 is 14.5 Å². The fourth-order valence-electron chi connectivity index (χ4n) is 6.47. The summed E-state index contributed by atoms with van der Waals surface area (Å²) in [5, 5.41) is 0. The van der Waals surface area contributed by atoms with E-state index in [4.69, 9.17) is 4.74 Å². The van der Waals surface area contributed by atoms with Crippen LogP contribution in [0.15, 0.2) is 53.8 Å². The number of aromatic nitrogens is 2. The summed E-state index contributed by atoms with van der Waals surface area (Å²) in [7, 11) is 0. The molecule has 2 aromatic carbocycles. The summed E-state index contributed by atoms with van der Waals surface area (Å²) in [6.07, 6.45) is 6.80. The van der Waals surface area contributed by atoms with Crippen molar-refractivity contribution in [3.05, 3.63) is 65.9 Å². The lowest BCUT2D eigenvalue weighted by Gasteiger charge is -2.60. The zero-order chi connectivity index (χ0) is 29.6. The van der Waals surface area contributed by atoms with E-state index in [1.165, 1.54) is 45.4 Å². The average Bonchev–Trinajstić information content (AvgIpc) is 3.37. The lowest BCUT2D eigenvalue weighted by molar-refractivity contribution is -0.149. The van der Waals surface area contributed by atoms with Gasteiger partial charge in [-0.25, -0.2) is 14.4 Å². The molecular weight excluding hydrogens is 553 g/mol. The number of amides is 2. The number of halogens is 1. The summed E-state index contributed by atoms with van der Waals surface area (Å²) in [5.74, 6) is 0.920. The van der Waals surface area contributed by atoms with E-state index in [1.807, 2.05) is 25.7 Å². The van der Waals surface area contributed by atoms with Crippen molar-refractivity contribution in [1.82, 2.24) is 14.9 Å². The van der Waals surface area contributed by atoms with Crippen molar-refractivity contribution in [3.8, 4) is 11.5 Å². The van der Waals surface area contributed by atoms with Gasteiger partial charge < -0.3 is 19.4 Å². The van der Waals surface area contributed by atoms with Crippen molar-refractivity contribution in [2.24, 2.45) is 17.3 Å². The van der Waals surface area contributed by atoms with Gasteiger partial charge in [-0.05, 0) is 61.4 Å². The molecular formula is C32H36FN5O3S. The Hall–Kier alpha value is -3.66. The molecule has 8 nitrogen and oxygen atoms in total. The van der Waals surface area contributed by atoms with Crippen LogP contribution in [0.5, 0.6) is 11.5 Å². The number of nitrogens with zero attached hydrogens (tertiary/aromatic N) is 5. The lowest BCUT2D eigenvalue weighted by atomic mass is 9.72. The van der Waals surface area contributed by atoms with Gasteiger partial charge in [-0.3, -0.25) is 9.59 Å². The zero-order valence-electron chi connectivity index (χ0n) is 24.5. The average molecular weight is 590 g/mol. The van der Waals surface area contributed by atoms with Crippen LogP contribution in [0, 0.1) is 23.1 Å². The van der Waals surface area contributed by atoms with Crippen molar-refractivity contribution in [2.45, 2.75) is 38.5 Å². The molecule has 3 heterocycles. The van der Waals surface area contributed by atoms with Gasteiger partial charge in [0.25, 0.3) is 0 Å². The van der Waals surface area contributed by atoms with Crippen LogP contribution in [0.25, 0.3) is 0 Å². The third kappa shape index (κ3) is 5.21. The Morgan fingerprint density at radius 1 is 1.10 bits per heavy atom. The molecule has 3 aliphatic rings. The highest BCUT2D eigenvalue weighted by Crippen LogP contribution is 2.46. The SMILES string of the molecule is CCN(C(=O)C(C)C)c1cc(F)ccc1Oc1cncnc1N1CC2(CN(C(=O)C3Cc4ccc(SC)cc4C3)C2)C1. The molecule has 0 saturated carbocycles. The second-order valence-electron chi connectivity index (χ2n) is 12.0. The molecule has 2 saturated heterocycles. The summed E-state index contributed by atoms with van der Waals surface area (Å²) < 4.78 is 20.5. The van der Waals surface area contributed by atoms with Gasteiger partial charge in [0.1, 0.15) is 12.1 Å². The Bertz CT molecular complexity index is 1520. The molecule has 2 amide bonds. The minimum atomic E-state index is -0.447. The maximum Gasteiger partial charge on any atom is 0.229 e. The van der Waals surface area contributed by atoms with E-state index >= 15 is 0 Å². The van der Waals surface area contributed by atoms with Crippen LogP contribution in [-0.2, 0) is 22.4 Å². The Labute approximate surface area is 250 Å². The van der Waals surface area contributed by atoms with Gasteiger partial charge in [0.15, 0.2) is 17.3 Å². The molecule has 1 spiro atoms. The number of carbonyl (C=O) groups excluding carboxylic acids is 2. The first kappa shape index (κ1) is 28.5. The van der Waals surface area contributed by atoms with E-state index in [0.29, 0.717) is 29.5 Å². The van der Waals surface area contributed by atoms with Crippen LogP contribution in [0.4, 0.5) is 15.9 Å². The van der Waals surface area contributed by atoms with Crippen LogP contribution in [0.3, 0.4) is 0 Å². The second kappa shape index (κ2) is 11.2. The van der Waals surface area contributed by atoms with Gasteiger partial charge in [0.05, 0.1) is 11.9 Å². The first-order valence-electron chi connectivity index (χ1n) is 14.5. The molecule has 0 radical (unpaired) electrons.